The van der Waals surface area contributed by atoms with Crippen LogP contribution in [-0.4, -0.2) is 32.2 Å². The lowest BCUT2D eigenvalue weighted by Gasteiger charge is -2.20. The van der Waals surface area contributed by atoms with Crippen molar-refractivity contribution in [2.24, 2.45) is 0 Å². The van der Waals surface area contributed by atoms with Crippen LogP contribution in [0.5, 0.6) is 5.88 Å². The molecular weight excluding hydrogens is 340 g/mol. The molecule has 6 nitrogen and oxygen atoms in total. The SMILES string of the molecule is COc1ncc(C(C)(C)O)c2cc(Cc3ccnc(C(C)(C)C)n3)ncc12. The van der Waals surface area contributed by atoms with E-state index in [2.05, 4.69) is 40.7 Å². The fraction of sp³-hybridized carbons (Fsp3) is 0.429. The minimum atomic E-state index is -1.02. The smallest absolute Gasteiger partial charge is 0.222 e. The molecule has 3 aromatic rings. The van der Waals surface area contributed by atoms with Crippen LogP contribution in [0.4, 0.5) is 0 Å². The topological polar surface area (TPSA) is 81.0 Å². The first-order valence-electron chi connectivity index (χ1n) is 8.96. The van der Waals surface area contributed by atoms with Crippen molar-refractivity contribution in [1.29, 1.82) is 0 Å². The molecule has 27 heavy (non-hydrogen) atoms. The Kier molecular flexibility index (Phi) is 4.86. The molecule has 6 heteroatoms. The van der Waals surface area contributed by atoms with Crippen molar-refractivity contribution in [3.05, 3.63) is 53.5 Å². The lowest BCUT2D eigenvalue weighted by Crippen LogP contribution is -2.17. The Balaban J connectivity index is 2.06. The van der Waals surface area contributed by atoms with Crippen molar-refractivity contribution in [3.63, 3.8) is 0 Å². The van der Waals surface area contributed by atoms with Crippen molar-refractivity contribution in [1.82, 2.24) is 19.9 Å². The van der Waals surface area contributed by atoms with Gasteiger partial charge in [-0.25, -0.2) is 15.0 Å². The molecule has 0 amide bonds. The number of methoxy groups -OCH3 is 1. The van der Waals surface area contributed by atoms with Gasteiger partial charge in [0.1, 0.15) is 5.82 Å². The third-order valence-electron chi connectivity index (χ3n) is 4.39. The van der Waals surface area contributed by atoms with Gasteiger partial charge in [0, 0.05) is 41.7 Å². The molecule has 0 saturated heterocycles. The standard InChI is InChI=1S/C21H26N4O2/c1-20(2,3)19-22-8-7-13(25-19)9-14-10-15-16(11-23-14)18(27-6)24-12-17(15)21(4,5)26/h7-8,10-12,26H,9H2,1-6H3. The number of aliphatic hydroxyl groups is 1. The van der Waals surface area contributed by atoms with Crippen LogP contribution in [0.2, 0.25) is 0 Å². The fourth-order valence-electron chi connectivity index (χ4n) is 2.94. The Morgan fingerprint density at radius 1 is 0.963 bits per heavy atom. The summed E-state index contributed by atoms with van der Waals surface area (Å²) in [6, 6.07) is 3.89. The van der Waals surface area contributed by atoms with E-state index in [9.17, 15) is 5.11 Å². The Morgan fingerprint density at radius 2 is 1.70 bits per heavy atom. The normalized spacial score (nSPS) is 12.4. The molecule has 142 valence electrons. The van der Waals surface area contributed by atoms with Gasteiger partial charge in [-0.3, -0.25) is 4.98 Å². The minimum Gasteiger partial charge on any atom is -0.481 e. The molecule has 0 unspecified atom stereocenters. The molecule has 0 aliphatic heterocycles. The van der Waals surface area contributed by atoms with Crippen LogP contribution >= 0.6 is 0 Å². The lowest BCUT2D eigenvalue weighted by atomic mass is 9.94. The number of ether oxygens (including phenoxy) is 1. The van der Waals surface area contributed by atoms with Gasteiger partial charge < -0.3 is 9.84 Å². The van der Waals surface area contributed by atoms with E-state index in [4.69, 9.17) is 4.74 Å². The van der Waals surface area contributed by atoms with E-state index in [0.29, 0.717) is 12.3 Å². The molecule has 3 heterocycles. The summed E-state index contributed by atoms with van der Waals surface area (Å²) >= 11 is 0. The molecule has 0 saturated carbocycles. The molecule has 3 rings (SSSR count). The zero-order valence-electron chi connectivity index (χ0n) is 16.7. The van der Waals surface area contributed by atoms with E-state index in [-0.39, 0.29) is 5.41 Å². The second kappa shape index (κ2) is 6.85. The number of fused-ring (bicyclic) bond motifs is 1. The predicted octanol–water partition coefficient (Wildman–Crippen LogP) is 3.54. The Morgan fingerprint density at radius 3 is 2.33 bits per heavy atom. The first-order valence-corrected chi connectivity index (χ1v) is 8.96. The molecule has 0 atom stereocenters. The van der Waals surface area contributed by atoms with Crippen molar-refractivity contribution in [2.45, 2.75) is 52.1 Å². The summed E-state index contributed by atoms with van der Waals surface area (Å²) in [6.07, 6.45) is 5.78. The highest BCUT2D eigenvalue weighted by molar-refractivity contribution is 5.89. The molecule has 0 fully saturated rings. The van der Waals surface area contributed by atoms with Crippen LogP contribution in [0.25, 0.3) is 10.8 Å². The summed E-state index contributed by atoms with van der Waals surface area (Å²) in [7, 11) is 1.58. The average molecular weight is 366 g/mol. The number of hydrogen-bond donors (Lipinski definition) is 1. The first kappa shape index (κ1) is 19.2. The van der Waals surface area contributed by atoms with Crippen LogP contribution in [0.1, 0.15) is 57.4 Å². The molecule has 0 radical (unpaired) electrons. The molecule has 0 aromatic carbocycles. The van der Waals surface area contributed by atoms with Gasteiger partial charge in [0.2, 0.25) is 5.88 Å². The van der Waals surface area contributed by atoms with Gasteiger partial charge in [0.15, 0.2) is 0 Å². The Hall–Kier alpha value is -2.60. The van der Waals surface area contributed by atoms with E-state index in [1.54, 1.807) is 39.5 Å². The lowest BCUT2D eigenvalue weighted by molar-refractivity contribution is 0.0798. The highest BCUT2D eigenvalue weighted by atomic mass is 16.5. The van der Waals surface area contributed by atoms with Crippen LogP contribution in [0, 0.1) is 0 Å². The molecular formula is C21H26N4O2. The van der Waals surface area contributed by atoms with Crippen LogP contribution < -0.4 is 4.74 Å². The molecule has 0 spiro atoms. The molecule has 0 aliphatic carbocycles. The third kappa shape index (κ3) is 4.06. The van der Waals surface area contributed by atoms with Gasteiger partial charge >= 0.3 is 0 Å². The van der Waals surface area contributed by atoms with E-state index in [1.807, 2.05) is 12.1 Å². The molecule has 0 aliphatic rings. The Labute approximate surface area is 159 Å². The van der Waals surface area contributed by atoms with Crippen LogP contribution in [-0.2, 0) is 17.4 Å². The third-order valence-corrected chi connectivity index (χ3v) is 4.39. The second-order valence-electron chi connectivity index (χ2n) is 8.26. The van der Waals surface area contributed by atoms with E-state index in [0.717, 1.165) is 33.5 Å². The number of nitrogens with zero attached hydrogens (tertiary/aromatic N) is 4. The van der Waals surface area contributed by atoms with Gasteiger partial charge in [0.25, 0.3) is 0 Å². The maximum absolute atomic E-state index is 10.5. The number of aromatic nitrogens is 4. The second-order valence-corrected chi connectivity index (χ2v) is 8.26. The summed E-state index contributed by atoms with van der Waals surface area (Å²) in [5.74, 6) is 1.30. The number of hydrogen-bond acceptors (Lipinski definition) is 6. The summed E-state index contributed by atoms with van der Waals surface area (Å²) < 4.78 is 5.35. The van der Waals surface area contributed by atoms with Crippen molar-refractivity contribution >= 4 is 10.8 Å². The Bertz CT molecular complexity index is 972. The largest absolute Gasteiger partial charge is 0.481 e. The number of rotatable bonds is 4. The van der Waals surface area contributed by atoms with Gasteiger partial charge in [-0.05, 0) is 31.4 Å². The zero-order chi connectivity index (χ0) is 19.8. The minimum absolute atomic E-state index is 0.111. The summed E-state index contributed by atoms with van der Waals surface area (Å²) in [5, 5.41) is 12.2. The maximum Gasteiger partial charge on any atom is 0.222 e. The van der Waals surface area contributed by atoms with Gasteiger partial charge in [-0.1, -0.05) is 20.8 Å². The van der Waals surface area contributed by atoms with E-state index >= 15 is 0 Å². The predicted molar refractivity (Wildman–Crippen MR) is 105 cm³/mol. The molecule has 3 aromatic heterocycles. The van der Waals surface area contributed by atoms with Crippen molar-refractivity contribution in [3.8, 4) is 5.88 Å². The van der Waals surface area contributed by atoms with E-state index in [1.165, 1.54) is 0 Å². The highest BCUT2D eigenvalue weighted by Crippen LogP contribution is 2.32. The van der Waals surface area contributed by atoms with Crippen molar-refractivity contribution in [2.75, 3.05) is 7.11 Å². The summed E-state index contributed by atoms with van der Waals surface area (Å²) in [4.78, 5) is 17.9. The van der Waals surface area contributed by atoms with Crippen LogP contribution in [0.15, 0.2) is 30.7 Å². The zero-order valence-corrected chi connectivity index (χ0v) is 16.7. The fourth-order valence-corrected chi connectivity index (χ4v) is 2.94. The summed E-state index contributed by atoms with van der Waals surface area (Å²) in [6.45, 7) is 9.77. The molecule has 0 bridgehead atoms. The summed E-state index contributed by atoms with van der Waals surface area (Å²) in [5.41, 5.74) is 1.37. The monoisotopic (exact) mass is 366 g/mol. The average Bonchev–Trinajstić information content (AvgIpc) is 2.59. The number of pyridine rings is 2. The highest BCUT2D eigenvalue weighted by Gasteiger charge is 2.22. The quantitative estimate of drug-likeness (QED) is 0.760. The van der Waals surface area contributed by atoms with Gasteiger partial charge in [-0.15, -0.1) is 0 Å². The van der Waals surface area contributed by atoms with Gasteiger partial charge in [0.05, 0.1) is 23.8 Å². The molecule has 1 N–H and O–H groups in total. The van der Waals surface area contributed by atoms with E-state index < -0.39 is 5.60 Å². The van der Waals surface area contributed by atoms with Gasteiger partial charge in [-0.2, -0.15) is 0 Å². The van der Waals surface area contributed by atoms with Crippen molar-refractivity contribution < 1.29 is 9.84 Å². The van der Waals surface area contributed by atoms with Crippen LogP contribution in [0.3, 0.4) is 0 Å². The first-order chi connectivity index (χ1) is 12.6. The maximum atomic E-state index is 10.5.